The van der Waals surface area contributed by atoms with Crippen molar-refractivity contribution in [3.63, 3.8) is 0 Å². The van der Waals surface area contributed by atoms with E-state index in [-0.39, 0.29) is 35.0 Å². The van der Waals surface area contributed by atoms with Crippen molar-refractivity contribution in [2.24, 2.45) is 14.1 Å². The first-order valence-electron chi connectivity index (χ1n) is 19.3. The summed E-state index contributed by atoms with van der Waals surface area (Å²) in [5.74, 6) is -3.19. The lowest BCUT2D eigenvalue weighted by molar-refractivity contribution is -0.392. The normalized spacial score (nSPS) is 10.6. The van der Waals surface area contributed by atoms with Crippen molar-refractivity contribution >= 4 is 66.7 Å². The van der Waals surface area contributed by atoms with Crippen LogP contribution in [-0.2, 0) is 40.2 Å². The van der Waals surface area contributed by atoms with Crippen molar-refractivity contribution in [2.75, 3.05) is 0 Å². The average molecular weight is 1110 g/mol. The largest absolute Gasteiger partial charge is 0.481 e. The molecule has 69 heavy (non-hydrogen) atoms. The van der Waals surface area contributed by atoms with Gasteiger partial charge in [0.2, 0.25) is 11.6 Å². The highest BCUT2D eigenvalue weighted by Gasteiger charge is 2.21. The Bertz CT molecular complexity index is 3320. The third-order valence-electron chi connectivity index (χ3n) is 9.44. The number of hydrogen-bond acceptors (Lipinski definition) is 14. The summed E-state index contributed by atoms with van der Waals surface area (Å²) in [5.41, 5.74) is 5.31. The highest BCUT2D eigenvalue weighted by atomic mass is 79.9. The molecule has 6 aromatic heterocycles. The first-order chi connectivity index (χ1) is 32.9. The van der Waals surface area contributed by atoms with Crippen LogP contribution in [0.15, 0.2) is 94.1 Å². The minimum Gasteiger partial charge on any atom is -0.481 e. The molecule has 0 fully saturated rings. The zero-order chi connectivity index (χ0) is 50.1. The number of ether oxygens (including phenoxy) is 1. The smallest absolute Gasteiger partial charge is 0.406 e. The van der Waals surface area contributed by atoms with Crippen LogP contribution >= 0.6 is 55.1 Å². The fourth-order valence-electron chi connectivity index (χ4n) is 6.38. The summed E-state index contributed by atoms with van der Waals surface area (Å²) in [5, 5.41) is 66.1. The molecule has 0 amide bonds. The molecule has 6 heterocycles. The second-order valence-corrected chi connectivity index (χ2v) is 16.7. The molecular formula is C42H29Br2Cl2F3N14O6. The second kappa shape index (κ2) is 22.5. The van der Waals surface area contributed by atoms with Crippen molar-refractivity contribution in [3.05, 3.63) is 187 Å². The molecule has 352 valence electrons. The number of nitriles is 2. The van der Waals surface area contributed by atoms with Crippen molar-refractivity contribution in [1.82, 2.24) is 49.1 Å². The number of halogens is 7. The molecular weight excluding hydrogens is 1080 g/mol. The molecule has 0 atom stereocenters. The van der Waals surface area contributed by atoms with Gasteiger partial charge in [-0.05, 0) is 112 Å². The third-order valence-corrected chi connectivity index (χ3v) is 10.7. The topological polar surface area (TPSA) is 260 Å². The molecule has 1 N–H and O–H groups in total. The summed E-state index contributed by atoms with van der Waals surface area (Å²) in [4.78, 5) is 26.8. The molecule has 0 saturated heterocycles. The van der Waals surface area contributed by atoms with Crippen LogP contribution < -0.4 is 4.74 Å². The van der Waals surface area contributed by atoms with Crippen LogP contribution in [0.4, 0.5) is 24.8 Å². The van der Waals surface area contributed by atoms with Gasteiger partial charge in [-0.2, -0.15) is 35.3 Å². The van der Waals surface area contributed by atoms with Crippen LogP contribution in [-0.4, -0.2) is 64.0 Å². The van der Waals surface area contributed by atoms with Crippen molar-refractivity contribution < 1.29 is 32.9 Å². The summed E-state index contributed by atoms with van der Waals surface area (Å²) in [6, 6.07) is 21.2. The Balaban J connectivity index is 0.000000193. The van der Waals surface area contributed by atoms with E-state index in [0.717, 1.165) is 23.1 Å². The lowest BCUT2D eigenvalue weighted by Gasteiger charge is -2.14. The van der Waals surface area contributed by atoms with Gasteiger partial charge in [0.25, 0.3) is 0 Å². The van der Waals surface area contributed by atoms with Crippen LogP contribution in [0.5, 0.6) is 5.75 Å². The highest BCUT2D eigenvalue weighted by molar-refractivity contribution is 9.10. The van der Waals surface area contributed by atoms with Gasteiger partial charge in [0.15, 0.2) is 34.1 Å². The fraction of sp³-hybridized carbons (Fsp3) is 0.143. The molecule has 2 aromatic carbocycles. The molecule has 20 nitrogen and oxygen atoms in total. The van der Waals surface area contributed by atoms with Crippen molar-refractivity contribution in [2.45, 2.75) is 26.1 Å². The summed E-state index contributed by atoms with van der Waals surface area (Å²) in [6.45, 7) is -0.526. The van der Waals surface area contributed by atoms with Crippen LogP contribution in [0.1, 0.15) is 45.3 Å². The number of aliphatic hydroxyl groups is 1. The molecule has 27 heteroatoms. The van der Waals surface area contributed by atoms with Crippen LogP contribution in [0.2, 0.25) is 10.3 Å². The Morgan fingerprint density at radius 2 is 1.14 bits per heavy atom. The van der Waals surface area contributed by atoms with E-state index >= 15 is 0 Å². The van der Waals surface area contributed by atoms with E-state index in [1.165, 1.54) is 59.5 Å². The Hall–Kier alpha value is -7.55. The van der Waals surface area contributed by atoms with E-state index in [2.05, 4.69) is 62.2 Å². The lowest BCUT2D eigenvalue weighted by atomic mass is 10.1. The molecule has 0 bridgehead atoms. The maximum absolute atomic E-state index is 14.1. The molecule has 0 aliphatic heterocycles. The molecule has 0 saturated carbocycles. The van der Waals surface area contributed by atoms with E-state index in [1.54, 1.807) is 52.4 Å². The summed E-state index contributed by atoms with van der Waals surface area (Å²) in [7, 11) is 3.46. The number of benzene rings is 2. The van der Waals surface area contributed by atoms with Gasteiger partial charge in [-0.25, -0.2) is 18.1 Å². The van der Waals surface area contributed by atoms with Gasteiger partial charge in [-0.15, -0.1) is 0 Å². The highest BCUT2D eigenvalue weighted by Crippen LogP contribution is 2.30. The monoisotopic (exact) mass is 1110 g/mol. The Morgan fingerprint density at radius 3 is 1.59 bits per heavy atom. The Labute approximate surface area is 413 Å². The molecule has 8 aromatic rings. The molecule has 0 unspecified atom stereocenters. The Morgan fingerprint density at radius 1 is 0.681 bits per heavy atom. The van der Waals surface area contributed by atoms with Crippen LogP contribution in [0.25, 0.3) is 11.4 Å². The maximum Gasteiger partial charge on any atom is 0.406 e. The van der Waals surface area contributed by atoms with E-state index < -0.39 is 38.9 Å². The van der Waals surface area contributed by atoms with Gasteiger partial charge in [-0.1, -0.05) is 23.2 Å². The van der Waals surface area contributed by atoms with Crippen molar-refractivity contribution in [1.29, 1.82) is 10.5 Å². The van der Waals surface area contributed by atoms with Crippen molar-refractivity contribution in [3.8, 4) is 29.3 Å². The van der Waals surface area contributed by atoms with E-state index in [1.807, 2.05) is 12.1 Å². The van der Waals surface area contributed by atoms with Crippen LogP contribution in [0.3, 0.4) is 0 Å². The SMILES string of the molecule is Cn1nc(C#N)cc1Cc1cc(Cl)nn1-c1ccc(F)cc1CO.Cn1nc(C#N)cc1Cc1cc(Cl)nn1-c1ccc(F)cc1COc1cc(Br)cnc1[N+](=O)[O-].O=[N+]([O-])c1ncc(Br)cc1F. The number of nitrogens with zero attached hydrogens (tertiary/aromatic N) is 14. The number of hydrogen-bond donors (Lipinski definition) is 1. The quantitative estimate of drug-likeness (QED) is 0.0886. The van der Waals surface area contributed by atoms with Gasteiger partial charge in [0.05, 0.1) is 38.3 Å². The standard InChI is InChI=1S/C21H14BrClFN7O3.C16H13ClFN5O.C5H2BrFN2O2/c1-29-16(6-15(9-25)27-29)7-17-8-20(23)28-30(17)18-3-2-14(24)4-12(18)11-34-19-5-13(22)10-26-21(19)31(32)33;1-22-13(5-12(8-19)20-22)6-14-7-16(17)21-23(14)15-3-2-11(18)4-10(15)9-24;6-3-1-4(7)5(8-2-3)9(10)11/h2-6,8,10H,7,11H2,1H3;2-5,7,24H,6,9H2,1H3;1-2H. The number of aliphatic hydroxyl groups excluding tert-OH is 1. The zero-order valence-electron chi connectivity index (χ0n) is 35.3. The predicted octanol–water partition coefficient (Wildman–Crippen LogP) is 8.75. The number of pyridine rings is 2. The van der Waals surface area contributed by atoms with Gasteiger partial charge < -0.3 is 30.1 Å². The first-order valence-corrected chi connectivity index (χ1v) is 21.6. The number of aromatic nitrogens is 10. The summed E-state index contributed by atoms with van der Waals surface area (Å²) < 4.78 is 52.9. The summed E-state index contributed by atoms with van der Waals surface area (Å²) >= 11 is 18.4. The molecule has 0 aliphatic carbocycles. The molecule has 0 radical (unpaired) electrons. The Kier molecular flexibility index (Phi) is 16.6. The van der Waals surface area contributed by atoms with E-state index in [0.29, 0.717) is 55.7 Å². The van der Waals surface area contributed by atoms with E-state index in [9.17, 15) is 38.5 Å². The molecule has 0 spiro atoms. The third kappa shape index (κ3) is 12.7. The van der Waals surface area contributed by atoms with Gasteiger partial charge in [-0.3, -0.25) is 9.36 Å². The second-order valence-electron chi connectivity index (χ2n) is 14.0. The predicted molar refractivity (Wildman–Crippen MR) is 246 cm³/mol. The molecule has 8 rings (SSSR count). The average Bonchev–Trinajstić information content (AvgIpc) is 4.07. The van der Waals surface area contributed by atoms with E-state index in [4.69, 9.17) is 38.5 Å². The summed E-state index contributed by atoms with van der Waals surface area (Å²) in [6.07, 6.45) is 3.21. The van der Waals surface area contributed by atoms with Gasteiger partial charge in [0.1, 0.15) is 30.4 Å². The zero-order valence-corrected chi connectivity index (χ0v) is 40.0. The lowest BCUT2D eigenvalue weighted by Crippen LogP contribution is -2.10. The van der Waals surface area contributed by atoms with Crippen LogP contribution in [0, 0.1) is 60.3 Å². The first kappa shape index (κ1) is 50.9. The molecule has 0 aliphatic rings. The number of nitro groups is 2. The minimum absolute atomic E-state index is 0.0766. The minimum atomic E-state index is -0.940. The number of rotatable bonds is 12. The fourth-order valence-corrected chi connectivity index (χ4v) is 7.40. The maximum atomic E-state index is 14.1. The number of aryl methyl sites for hydroxylation is 2. The van der Waals surface area contributed by atoms with Gasteiger partial charge in [0, 0.05) is 61.6 Å². The van der Waals surface area contributed by atoms with Gasteiger partial charge >= 0.3 is 11.6 Å².